The lowest BCUT2D eigenvalue weighted by Crippen LogP contribution is -2.31. The second-order valence-corrected chi connectivity index (χ2v) is 7.21. The van der Waals surface area contributed by atoms with E-state index < -0.39 is 0 Å². The molecule has 1 aromatic heterocycles. The van der Waals surface area contributed by atoms with Crippen LogP contribution >= 0.6 is 0 Å². The Morgan fingerprint density at radius 1 is 1.10 bits per heavy atom. The highest BCUT2D eigenvalue weighted by molar-refractivity contribution is 5.95. The number of hydrogen-bond acceptors (Lipinski definition) is 5. The van der Waals surface area contributed by atoms with Gasteiger partial charge in [-0.25, -0.2) is 9.97 Å². The van der Waals surface area contributed by atoms with Gasteiger partial charge in [0.05, 0.1) is 6.10 Å². The highest BCUT2D eigenvalue weighted by Crippen LogP contribution is 2.20. The van der Waals surface area contributed by atoms with Crippen molar-refractivity contribution in [2.45, 2.75) is 25.9 Å². The molecule has 4 rings (SSSR count). The van der Waals surface area contributed by atoms with Gasteiger partial charge in [-0.3, -0.25) is 4.79 Å². The predicted molar refractivity (Wildman–Crippen MR) is 113 cm³/mol. The average Bonchev–Trinajstić information content (AvgIpc) is 3.27. The van der Waals surface area contributed by atoms with Crippen molar-refractivity contribution < 1.29 is 9.53 Å². The van der Waals surface area contributed by atoms with Crippen LogP contribution < -0.4 is 10.6 Å². The van der Waals surface area contributed by atoms with Gasteiger partial charge in [-0.1, -0.05) is 35.9 Å². The number of aryl methyl sites for hydroxylation is 1. The Morgan fingerprint density at radius 3 is 2.62 bits per heavy atom. The number of amides is 1. The first kappa shape index (κ1) is 19.1. The van der Waals surface area contributed by atoms with Crippen LogP contribution in [0.5, 0.6) is 0 Å². The normalized spacial score (nSPS) is 15.8. The van der Waals surface area contributed by atoms with Crippen LogP contribution in [0.2, 0.25) is 0 Å². The Bertz CT molecular complexity index is 965. The lowest BCUT2D eigenvalue weighted by molar-refractivity contribution is 0.0858. The summed E-state index contributed by atoms with van der Waals surface area (Å²) in [5.74, 6) is 0.373. The second kappa shape index (κ2) is 8.84. The fraction of sp³-hybridized carbons (Fsp3) is 0.261. The molecule has 29 heavy (non-hydrogen) atoms. The van der Waals surface area contributed by atoms with Crippen LogP contribution in [0.4, 0.5) is 11.6 Å². The minimum Gasteiger partial charge on any atom is -0.376 e. The molecule has 0 aliphatic carbocycles. The molecule has 0 unspecified atom stereocenters. The third-order valence-electron chi connectivity index (χ3n) is 4.93. The highest BCUT2D eigenvalue weighted by atomic mass is 16.5. The quantitative estimate of drug-likeness (QED) is 0.665. The molecule has 1 aliphatic rings. The molecular weight excluding hydrogens is 364 g/mol. The second-order valence-electron chi connectivity index (χ2n) is 7.21. The van der Waals surface area contributed by atoms with Crippen LogP contribution in [-0.2, 0) is 4.74 Å². The van der Waals surface area contributed by atoms with Crippen molar-refractivity contribution in [3.05, 3.63) is 72.1 Å². The molecule has 148 valence electrons. The molecule has 0 radical (unpaired) electrons. The number of hydrogen-bond donors (Lipinski definition) is 2. The summed E-state index contributed by atoms with van der Waals surface area (Å²) in [7, 11) is 0. The van der Waals surface area contributed by atoms with Crippen LogP contribution in [0.25, 0.3) is 11.1 Å². The van der Waals surface area contributed by atoms with E-state index in [0.29, 0.717) is 18.1 Å². The number of benzene rings is 2. The summed E-state index contributed by atoms with van der Waals surface area (Å²) in [5, 5.41) is 6.10. The molecule has 3 aromatic rings. The summed E-state index contributed by atoms with van der Waals surface area (Å²) < 4.78 is 5.55. The standard InChI is InChI=1S/C23H24N4O2/c1-16-7-9-17(10-8-16)19-13-25-23(26-14-19)27-20-5-2-4-18(12-20)22(28)24-15-21-6-3-11-29-21/h2,4-5,7-10,12-14,21H,3,6,11,15H2,1H3,(H,24,28)(H,25,26,27)/t21-/m0/s1. The molecule has 0 saturated carbocycles. The van der Waals surface area contributed by atoms with Crippen LogP contribution in [0, 0.1) is 6.92 Å². The van der Waals surface area contributed by atoms with Gasteiger partial charge in [0, 0.05) is 42.4 Å². The highest BCUT2D eigenvalue weighted by Gasteiger charge is 2.16. The summed E-state index contributed by atoms with van der Waals surface area (Å²) in [6, 6.07) is 15.5. The van der Waals surface area contributed by atoms with E-state index in [2.05, 4.69) is 51.8 Å². The minimum absolute atomic E-state index is 0.111. The zero-order valence-corrected chi connectivity index (χ0v) is 16.4. The number of nitrogens with zero attached hydrogens (tertiary/aromatic N) is 2. The van der Waals surface area contributed by atoms with Crippen molar-refractivity contribution >= 4 is 17.5 Å². The van der Waals surface area contributed by atoms with E-state index in [-0.39, 0.29) is 12.0 Å². The van der Waals surface area contributed by atoms with Crippen molar-refractivity contribution in [2.24, 2.45) is 0 Å². The van der Waals surface area contributed by atoms with Gasteiger partial charge >= 0.3 is 0 Å². The molecule has 1 aliphatic heterocycles. The predicted octanol–water partition coefficient (Wildman–Crippen LogP) is 4.10. The Hall–Kier alpha value is -3.25. The summed E-state index contributed by atoms with van der Waals surface area (Å²) in [6.45, 7) is 3.38. The fourth-order valence-electron chi connectivity index (χ4n) is 3.27. The Kier molecular flexibility index (Phi) is 5.81. The topological polar surface area (TPSA) is 76.1 Å². The summed E-state index contributed by atoms with van der Waals surface area (Å²) in [6.07, 6.45) is 5.76. The van der Waals surface area contributed by atoms with Crippen molar-refractivity contribution in [3.8, 4) is 11.1 Å². The third kappa shape index (κ3) is 4.97. The number of ether oxygens (including phenoxy) is 1. The minimum atomic E-state index is -0.111. The fourth-order valence-corrected chi connectivity index (χ4v) is 3.27. The van der Waals surface area contributed by atoms with E-state index in [1.807, 2.05) is 12.1 Å². The van der Waals surface area contributed by atoms with E-state index in [9.17, 15) is 4.79 Å². The first-order valence-corrected chi connectivity index (χ1v) is 9.83. The third-order valence-corrected chi connectivity index (χ3v) is 4.93. The molecule has 6 heteroatoms. The Labute approximate surface area is 170 Å². The zero-order valence-electron chi connectivity index (χ0n) is 16.4. The molecular formula is C23H24N4O2. The number of nitrogens with one attached hydrogen (secondary N) is 2. The maximum Gasteiger partial charge on any atom is 0.251 e. The first-order chi connectivity index (χ1) is 14.2. The zero-order chi connectivity index (χ0) is 20.1. The molecule has 1 saturated heterocycles. The first-order valence-electron chi connectivity index (χ1n) is 9.83. The number of carbonyl (C=O) groups is 1. The number of rotatable bonds is 6. The largest absolute Gasteiger partial charge is 0.376 e. The number of aromatic nitrogens is 2. The number of anilines is 2. The monoisotopic (exact) mass is 388 g/mol. The molecule has 0 spiro atoms. The van der Waals surface area contributed by atoms with Gasteiger partial charge in [-0.2, -0.15) is 0 Å². The summed E-state index contributed by atoms with van der Waals surface area (Å²) >= 11 is 0. The van der Waals surface area contributed by atoms with Gasteiger partial charge in [0.1, 0.15) is 0 Å². The SMILES string of the molecule is Cc1ccc(-c2cnc(Nc3cccc(C(=O)NC[C@@H]4CCCO4)c3)nc2)cc1. The van der Waals surface area contributed by atoms with Crippen molar-refractivity contribution in [1.29, 1.82) is 0 Å². The molecule has 2 N–H and O–H groups in total. The van der Waals surface area contributed by atoms with Gasteiger partial charge in [0.25, 0.3) is 5.91 Å². The van der Waals surface area contributed by atoms with E-state index in [1.165, 1.54) is 5.56 Å². The average molecular weight is 388 g/mol. The molecule has 2 heterocycles. The summed E-state index contributed by atoms with van der Waals surface area (Å²) in [4.78, 5) is 21.2. The molecule has 0 bridgehead atoms. The van der Waals surface area contributed by atoms with E-state index in [0.717, 1.165) is 36.3 Å². The van der Waals surface area contributed by atoms with Crippen LogP contribution in [-0.4, -0.2) is 35.1 Å². The Morgan fingerprint density at radius 2 is 1.90 bits per heavy atom. The lowest BCUT2D eigenvalue weighted by atomic mass is 10.1. The van der Waals surface area contributed by atoms with Gasteiger partial charge < -0.3 is 15.4 Å². The molecule has 1 fully saturated rings. The lowest BCUT2D eigenvalue weighted by Gasteiger charge is -2.11. The van der Waals surface area contributed by atoms with Crippen molar-refractivity contribution in [3.63, 3.8) is 0 Å². The van der Waals surface area contributed by atoms with Gasteiger partial charge in [0.2, 0.25) is 5.95 Å². The summed E-state index contributed by atoms with van der Waals surface area (Å²) in [5.41, 5.74) is 4.60. The van der Waals surface area contributed by atoms with Crippen molar-refractivity contribution in [1.82, 2.24) is 15.3 Å². The molecule has 1 atom stereocenters. The smallest absolute Gasteiger partial charge is 0.251 e. The maximum absolute atomic E-state index is 12.4. The molecule has 6 nitrogen and oxygen atoms in total. The van der Waals surface area contributed by atoms with Crippen LogP contribution in [0.1, 0.15) is 28.8 Å². The maximum atomic E-state index is 12.4. The van der Waals surface area contributed by atoms with Crippen LogP contribution in [0.3, 0.4) is 0 Å². The molecule has 1 amide bonds. The molecule has 2 aromatic carbocycles. The van der Waals surface area contributed by atoms with Gasteiger partial charge in [-0.15, -0.1) is 0 Å². The van der Waals surface area contributed by atoms with Gasteiger partial charge in [0.15, 0.2) is 0 Å². The van der Waals surface area contributed by atoms with E-state index >= 15 is 0 Å². The van der Waals surface area contributed by atoms with Crippen LogP contribution in [0.15, 0.2) is 60.9 Å². The van der Waals surface area contributed by atoms with Crippen molar-refractivity contribution in [2.75, 3.05) is 18.5 Å². The van der Waals surface area contributed by atoms with Gasteiger partial charge in [-0.05, 0) is 43.5 Å². The Balaban J connectivity index is 1.39. The number of carbonyl (C=O) groups excluding carboxylic acids is 1. The van der Waals surface area contributed by atoms with E-state index in [4.69, 9.17) is 4.74 Å². The van der Waals surface area contributed by atoms with E-state index in [1.54, 1.807) is 24.5 Å².